The van der Waals surface area contributed by atoms with E-state index in [2.05, 4.69) is 31.9 Å². The van der Waals surface area contributed by atoms with Crippen LogP contribution in [0.5, 0.6) is 0 Å². The first-order chi connectivity index (χ1) is 15.3. The number of ketones is 1. The summed E-state index contributed by atoms with van der Waals surface area (Å²) < 4.78 is 5.18. The van der Waals surface area contributed by atoms with Crippen molar-refractivity contribution in [2.45, 2.75) is 29.4 Å². The van der Waals surface area contributed by atoms with Gasteiger partial charge in [-0.05, 0) is 38.0 Å². The molecule has 2 aromatic rings. The molecule has 0 aromatic heterocycles. The van der Waals surface area contributed by atoms with Gasteiger partial charge in [-0.15, -0.1) is 0 Å². The SMILES string of the molecule is Cc1ccc(C(=O)COC(=O)c2cccc(N3C(=O)[C@@H]4C[C@H](Br)[C@@H](Br)C[C@H]4C3=O)c2)cc1. The highest BCUT2D eigenvalue weighted by atomic mass is 79.9. The number of hydrogen-bond donors (Lipinski definition) is 0. The van der Waals surface area contributed by atoms with Gasteiger partial charge in [0.25, 0.3) is 0 Å². The van der Waals surface area contributed by atoms with E-state index in [4.69, 9.17) is 4.74 Å². The Hall–Kier alpha value is -2.32. The van der Waals surface area contributed by atoms with Crippen molar-refractivity contribution in [3.05, 3.63) is 65.2 Å². The van der Waals surface area contributed by atoms with Gasteiger partial charge >= 0.3 is 5.97 Å². The fourth-order valence-corrected chi connectivity index (χ4v) is 5.40. The molecular formula is C24H21Br2NO5. The minimum absolute atomic E-state index is 0.118. The molecule has 1 heterocycles. The number of aryl methyl sites for hydroxylation is 1. The van der Waals surface area contributed by atoms with Gasteiger partial charge in [-0.25, -0.2) is 4.79 Å². The average molecular weight is 563 g/mol. The number of alkyl halides is 2. The van der Waals surface area contributed by atoms with Crippen LogP contribution in [0.3, 0.4) is 0 Å². The largest absolute Gasteiger partial charge is 0.454 e. The van der Waals surface area contributed by atoms with Gasteiger partial charge in [-0.3, -0.25) is 19.3 Å². The maximum Gasteiger partial charge on any atom is 0.338 e. The monoisotopic (exact) mass is 561 g/mol. The number of carbonyl (C=O) groups excluding carboxylic acids is 4. The van der Waals surface area contributed by atoms with Crippen LogP contribution in [0.25, 0.3) is 0 Å². The van der Waals surface area contributed by atoms with E-state index in [0.29, 0.717) is 24.1 Å². The van der Waals surface area contributed by atoms with Gasteiger partial charge < -0.3 is 4.74 Å². The van der Waals surface area contributed by atoms with Crippen LogP contribution in [0.2, 0.25) is 0 Å². The summed E-state index contributed by atoms with van der Waals surface area (Å²) in [6.07, 6.45) is 1.15. The molecule has 166 valence electrons. The van der Waals surface area contributed by atoms with Crippen LogP contribution in [0.15, 0.2) is 48.5 Å². The first-order valence-electron chi connectivity index (χ1n) is 10.3. The quantitative estimate of drug-likeness (QED) is 0.233. The highest BCUT2D eigenvalue weighted by Gasteiger charge is 2.52. The molecule has 6 nitrogen and oxygen atoms in total. The van der Waals surface area contributed by atoms with Crippen LogP contribution < -0.4 is 4.90 Å². The van der Waals surface area contributed by atoms with Gasteiger partial charge in [0.05, 0.1) is 23.1 Å². The van der Waals surface area contributed by atoms with Crippen molar-refractivity contribution in [3.8, 4) is 0 Å². The molecule has 0 radical (unpaired) electrons. The number of hydrogen-bond acceptors (Lipinski definition) is 5. The molecule has 32 heavy (non-hydrogen) atoms. The predicted molar refractivity (Wildman–Crippen MR) is 126 cm³/mol. The van der Waals surface area contributed by atoms with E-state index in [1.807, 2.05) is 19.1 Å². The van der Waals surface area contributed by atoms with Crippen molar-refractivity contribution in [1.29, 1.82) is 0 Å². The maximum absolute atomic E-state index is 13.0. The normalized spacial score (nSPS) is 24.9. The third-order valence-corrected chi connectivity index (χ3v) is 8.69. The second kappa shape index (κ2) is 9.27. The Balaban J connectivity index is 1.47. The lowest BCUT2D eigenvalue weighted by Crippen LogP contribution is -2.34. The van der Waals surface area contributed by atoms with Crippen molar-refractivity contribution >= 4 is 61.1 Å². The lowest BCUT2D eigenvalue weighted by Gasteiger charge is -2.29. The Bertz CT molecular complexity index is 1060. The van der Waals surface area contributed by atoms with Crippen LogP contribution in [-0.4, -0.2) is 39.8 Å². The molecule has 1 aliphatic carbocycles. The molecule has 2 aliphatic rings. The lowest BCUT2D eigenvalue weighted by molar-refractivity contribution is -0.122. The first kappa shape index (κ1) is 22.9. The van der Waals surface area contributed by atoms with E-state index in [1.165, 1.54) is 17.0 Å². The van der Waals surface area contributed by atoms with Gasteiger partial charge in [0.1, 0.15) is 0 Å². The smallest absolute Gasteiger partial charge is 0.338 e. The maximum atomic E-state index is 13.0. The van der Waals surface area contributed by atoms with Crippen molar-refractivity contribution < 1.29 is 23.9 Å². The number of carbonyl (C=O) groups is 4. The van der Waals surface area contributed by atoms with Gasteiger partial charge in [0.15, 0.2) is 12.4 Å². The molecule has 1 saturated carbocycles. The summed E-state index contributed by atoms with van der Waals surface area (Å²) in [5.41, 5.74) is 2.00. The number of ether oxygens (including phenoxy) is 1. The Kier molecular flexibility index (Phi) is 6.62. The molecule has 2 fully saturated rings. The molecule has 0 N–H and O–H groups in total. The summed E-state index contributed by atoms with van der Waals surface area (Å²) in [5.74, 6) is -2.23. The minimum atomic E-state index is -0.690. The number of anilines is 1. The highest BCUT2D eigenvalue weighted by Crippen LogP contribution is 2.44. The van der Waals surface area contributed by atoms with Gasteiger partial charge in [-0.2, -0.15) is 0 Å². The molecule has 0 spiro atoms. The average Bonchev–Trinajstić information content (AvgIpc) is 3.02. The zero-order chi connectivity index (χ0) is 23.0. The zero-order valence-electron chi connectivity index (χ0n) is 17.3. The van der Waals surface area contributed by atoms with E-state index in [1.54, 1.807) is 24.3 Å². The fraction of sp³-hybridized carbons (Fsp3) is 0.333. The molecule has 2 amide bonds. The number of halogens is 2. The molecule has 4 rings (SSSR count). The van der Waals surface area contributed by atoms with Crippen LogP contribution in [0, 0.1) is 18.8 Å². The number of Topliss-reactive ketones (excluding diaryl/α,β-unsaturated/α-hetero) is 1. The summed E-state index contributed by atoms with van der Waals surface area (Å²) in [6, 6.07) is 13.2. The molecular weight excluding hydrogens is 542 g/mol. The van der Waals surface area contributed by atoms with E-state index in [-0.39, 0.29) is 44.7 Å². The van der Waals surface area contributed by atoms with E-state index in [9.17, 15) is 19.2 Å². The summed E-state index contributed by atoms with van der Waals surface area (Å²) in [5, 5.41) is 0. The van der Waals surface area contributed by atoms with Crippen LogP contribution >= 0.6 is 31.9 Å². The molecule has 0 bridgehead atoms. The number of nitrogens with zero attached hydrogens (tertiary/aromatic N) is 1. The molecule has 0 unspecified atom stereocenters. The second-order valence-corrected chi connectivity index (χ2v) is 10.5. The van der Waals surface area contributed by atoms with E-state index >= 15 is 0 Å². The molecule has 1 aliphatic heterocycles. The Labute approximate surface area is 202 Å². The molecule has 2 aromatic carbocycles. The zero-order valence-corrected chi connectivity index (χ0v) is 20.5. The number of amides is 2. The lowest BCUT2D eigenvalue weighted by atomic mass is 9.81. The minimum Gasteiger partial charge on any atom is -0.454 e. The van der Waals surface area contributed by atoms with Crippen LogP contribution in [0.4, 0.5) is 5.69 Å². The van der Waals surface area contributed by atoms with Gasteiger partial charge in [0.2, 0.25) is 11.8 Å². The van der Waals surface area contributed by atoms with E-state index in [0.717, 1.165) is 5.56 Å². The predicted octanol–water partition coefficient (Wildman–Crippen LogP) is 4.46. The summed E-state index contributed by atoms with van der Waals surface area (Å²) in [6.45, 7) is 1.53. The Morgan fingerprint density at radius 1 is 0.938 bits per heavy atom. The van der Waals surface area contributed by atoms with E-state index < -0.39 is 12.6 Å². The fourth-order valence-electron chi connectivity index (χ4n) is 4.16. The topological polar surface area (TPSA) is 80.8 Å². The molecule has 1 saturated heterocycles. The van der Waals surface area contributed by atoms with Crippen molar-refractivity contribution in [2.24, 2.45) is 11.8 Å². The number of imide groups is 1. The Morgan fingerprint density at radius 3 is 2.12 bits per heavy atom. The Morgan fingerprint density at radius 2 is 1.53 bits per heavy atom. The number of fused-ring (bicyclic) bond motifs is 1. The third-order valence-electron chi connectivity index (χ3n) is 5.96. The van der Waals surface area contributed by atoms with Crippen LogP contribution in [-0.2, 0) is 14.3 Å². The summed E-state index contributed by atoms with van der Waals surface area (Å²) in [4.78, 5) is 52.2. The number of benzene rings is 2. The first-order valence-corrected chi connectivity index (χ1v) is 12.1. The molecule has 8 heteroatoms. The summed E-state index contributed by atoms with van der Waals surface area (Å²) >= 11 is 7.15. The number of esters is 1. The van der Waals surface area contributed by atoms with Crippen molar-refractivity contribution in [1.82, 2.24) is 0 Å². The van der Waals surface area contributed by atoms with Gasteiger partial charge in [0, 0.05) is 15.2 Å². The second-order valence-electron chi connectivity index (χ2n) is 8.14. The van der Waals surface area contributed by atoms with Crippen LogP contribution in [0.1, 0.15) is 39.1 Å². The summed E-state index contributed by atoms with van der Waals surface area (Å²) in [7, 11) is 0. The van der Waals surface area contributed by atoms with Crippen molar-refractivity contribution in [3.63, 3.8) is 0 Å². The molecule has 4 atom stereocenters. The standard InChI is InChI=1S/C24H21Br2NO5/c1-13-5-7-14(8-6-13)21(28)12-32-24(31)15-3-2-4-16(9-15)27-22(29)17-10-19(25)20(26)11-18(17)23(27)30/h2-9,17-20H,10-12H2,1H3/t17-,18-,19+,20+/m1/s1. The number of rotatable bonds is 5. The third kappa shape index (κ3) is 4.43. The van der Waals surface area contributed by atoms with Gasteiger partial charge in [-0.1, -0.05) is 67.8 Å². The van der Waals surface area contributed by atoms with Crippen molar-refractivity contribution in [2.75, 3.05) is 11.5 Å². The highest BCUT2D eigenvalue weighted by molar-refractivity contribution is 9.12.